The molecule has 0 N–H and O–H groups in total. The molecule has 0 aliphatic heterocycles. The number of nitrogens with zero attached hydrogens (tertiary/aromatic N) is 1. The second-order valence-corrected chi connectivity index (χ2v) is 5.05. The number of benzene rings is 2. The lowest BCUT2D eigenvalue weighted by atomic mass is 9.99. The zero-order valence-electron chi connectivity index (χ0n) is 11.6. The van der Waals surface area contributed by atoms with Crippen LogP contribution in [0.1, 0.15) is 21.5 Å². The van der Waals surface area contributed by atoms with Gasteiger partial charge in [0.25, 0.3) is 0 Å². The van der Waals surface area contributed by atoms with E-state index in [9.17, 15) is 9.18 Å². The van der Waals surface area contributed by atoms with Gasteiger partial charge in [-0.3, -0.25) is 9.78 Å². The van der Waals surface area contributed by atoms with E-state index in [0.717, 1.165) is 16.5 Å². The van der Waals surface area contributed by atoms with E-state index in [-0.39, 0.29) is 18.0 Å². The van der Waals surface area contributed by atoms with Crippen LogP contribution in [0.2, 0.25) is 0 Å². The summed E-state index contributed by atoms with van der Waals surface area (Å²) in [5.41, 5.74) is 2.83. The van der Waals surface area contributed by atoms with E-state index in [1.54, 1.807) is 19.2 Å². The maximum atomic E-state index is 13.3. The van der Waals surface area contributed by atoms with E-state index in [1.807, 2.05) is 30.3 Å². The summed E-state index contributed by atoms with van der Waals surface area (Å²) in [4.78, 5) is 16.7. The number of hydrogen-bond donors (Lipinski definition) is 0. The quantitative estimate of drug-likeness (QED) is 0.675. The van der Waals surface area contributed by atoms with Crippen molar-refractivity contribution in [2.45, 2.75) is 13.3 Å². The van der Waals surface area contributed by atoms with Crippen LogP contribution in [0.3, 0.4) is 0 Å². The van der Waals surface area contributed by atoms with Gasteiger partial charge in [0.05, 0.1) is 5.52 Å². The van der Waals surface area contributed by atoms with E-state index < -0.39 is 0 Å². The first kappa shape index (κ1) is 13.4. The Labute approximate surface area is 122 Å². The van der Waals surface area contributed by atoms with Crippen LogP contribution >= 0.6 is 0 Å². The Morgan fingerprint density at radius 2 is 1.95 bits per heavy atom. The van der Waals surface area contributed by atoms with Crippen LogP contribution in [0.15, 0.2) is 54.7 Å². The number of fused-ring (bicyclic) bond motifs is 1. The van der Waals surface area contributed by atoms with E-state index in [2.05, 4.69) is 4.98 Å². The maximum Gasteiger partial charge on any atom is 0.167 e. The first-order valence-corrected chi connectivity index (χ1v) is 6.77. The van der Waals surface area contributed by atoms with Crippen LogP contribution in [-0.4, -0.2) is 10.8 Å². The highest BCUT2D eigenvalue weighted by atomic mass is 19.1. The van der Waals surface area contributed by atoms with E-state index >= 15 is 0 Å². The van der Waals surface area contributed by atoms with Crippen molar-refractivity contribution < 1.29 is 9.18 Å². The molecule has 0 saturated carbocycles. The van der Waals surface area contributed by atoms with Crippen LogP contribution in [-0.2, 0) is 6.42 Å². The molecule has 0 unspecified atom stereocenters. The number of aryl methyl sites for hydroxylation is 1. The van der Waals surface area contributed by atoms with Gasteiger partial charge in [-0.05, 0) is 48.4 Å². The number of pyridine rings is 1. The molecule has 0 bridgehead atoms. The Hall–Kier alpha value is -2.55. The molecule has 0 atom stereocenters. The molecular formula is C18H14FNO. The van der Waals surface area contributed by atoms with Gasteiger partial charge in [-0.25, -0.2) is 4.39 Å². The molecule has 1 heterocycles. The Bertz CT molecular complexity index is 821. The van der Waals surface area contributed by atoms with Gasteiger partial charge in [-0.1, -0.05) is 18.2 Å². The van der Waals surface area contributed by atoms with Crippen molar-refractivity contribution in [3.63, 3.8) is 0 Å². The largest absolute Gasteiger partial charge is 0.294 e. The summed E-state index contributed by atoms with van der Waals surface area (Å²) in [5.74, 6) is -0.310. The van der Waals surface area contributed by atoms with Crippen molar-refractivity contribution in [1.29, 1.82) is 0 Å². The fraction of sp³-hybridized carbons (Fsp3) is 0.111. The summed E-state index contributed by atoms with van der Waals surface area (Å²) < 4.78 is 13.3. The molecule has 0 fully saturated rings. The molecule has 3 heteroatoms. The predicted molar refractivity (Wildman–Crippen MR) is 80.9 cm³/mol. The second kappa shape index (κ2) is 5.44. The minimum atomic E-state index is -0.291. The molecule has 0 aliphatic rings. The average molecular weight is 279 g/mol. The van der Waals surface area contributed by atoms with E-state index in [0.29, 0.717) is 11.1 Å². The highest BCUT2D eigenvalue weighted by molar-refractivity contribution is 5.99. The molecule has 2 nitrogen and oxygen atoms in total. The highest BCUT2D eigenvalue weighted by Crippen LogP contribution is 2.19. The number of hydrogen-bond acceptors (Lipinski definition) is 2. The molecule has 0 aliphatic carbocycles. The molecule has 0 amide bonds. The van der Waals surface area contributed by atoms with Gasteiger partial charge in [0, 0.05) is 23.6 Å². The predicted octanol–water partition coefficient (Wildman–Crippen LogP) is 4.11. The SMILES string of the molecule is Cc1cc(C(=O)Cc2ccnc3ccccc23)ccc1F. The van der Waals surface area contributed by atoms with Crippen LogP contribution in [0.25, 0.3) is 10.9 Å². The van der Waals surface area contributed by atoms with Gasteiger partial charge in [0.1, 0.15) is 5.82 Å². The molecule has 1 aromatic heterocycles. The van der Waals surface area contributed by atoms with Gasteiger partial charge in [0.15, 0.2) is 5.78 Å². The molecule has 21 heavy (non-hydrogen) atoms. The zero-order valence-corrected chi connectivity index (χ0v) is 11.6. The van der Waals surface area contributed by atoms with Gasteiger partial charge < -0.3 is 0 Å². The monoisotopic (exact) mass is 279 g/mol. The van der Waals surface area contributed by atoms with Gasteiger partial charge in [-0.15, -0.1) is 0 Å². The number of ketones is 1. The summed E-state index contributed by atoms with van der Waals surface area (Å²) in [6, 6.07) is 14.1. The van der Waals surface area contributed by atoms with Crippen molar-refractivity contribution >= 4 is 16.7 Å². The minimum absolute atomic E-state index is 0.0190. The number of para-hydroxylation sites is 1. The summed E-state index contributed by atoms with van der Waals surface area (Å²) in [7, 11) is 0. The Kier molecular flexibility index (Phi) is 3.48. The third-order valence-corrected chi connectivity index (χ3v) is 3.57. The van der Waals surface area contributed by atoms with E-state index in [1.165, 1.54) is 12.1 Å². The topological polar surface area (TPSA) is 30.0 Å². The summed E-state index contributed by atoms with van der Waals surface area (Å²) in [6.45, 7) is 1.66. The lowest BCUT2D eigenvalue weighted by Gasteiger charge is -2.06. The van der Waals surface area contributed by atoms with Gasteiger partial charge in [0.2, 0.25) is 0 Å². The average Bonchev–Trinajstić information content (AvgIpc) is 2.50. The highest BCUT2D eigenvalue weighted by Gasteiger charge is 2.11. The Morgan fingerprint density at radius 3 is 2.76 bits per heavy atom. The van der Waals surface area contributed by atoms with E-state index in [4.69, 9.17) is 0 Å². The first-order valence-electron chi connectivity index (χ1n) is 6.77. The third-order valence-electron chi connectivity index (χ3n) is 3.57. The molecule has 2 aromatic carbocycles. The first-order chi connectivity index (χ1) is 10.1. The molecule has 0 saturated heterocycles. The maximum absolute atomic E-state index is 13.3. The van der Waals surface area contributed by atoms with Crippen molar-refractivity contribution in [2.75, 3.05) is 0 Å². The number of carbonyl (C=O) groups excluding carboxylic acids is 1. The fourth-order valence-electron chi connectivity index (χ4n) is 2.40. The number of halogens is 1. The molecule has 0 radical (unpaired) electrons. The van der Waals surface area contributed by atoms with Crippen LogP contribution < -0.4 is 0 Å². The molecule has 3 aromatic rings. The van der Waals surface area contributed by atoms with Crippen molar-refractivity contribution in [1.82, 2.24) is 4.98 Å². The Balaban J connectivity index is 1.94. The molecular weight excluding hydrogens is 265 g/mol. The number of aromatic nitrogens is 1. The molecule has 0 spiro atoms. The van der Waals surface area contributed by atoms with Gasteiger partial charge in [-0.2, -0.15) is 0 Å². The zero-order chi connectivity index (χ0) is 14.8. The number of Topliss-reactive ketones (excluding diaryl/α,β-unsaturated/α-hetero) is 1. The van der Waals surface area contributed by atoms with Crippen molar-refractivity contribution in [3.05, 3.63) is 77.2 Å². The van der Waals surface area contributed by atoms with Crippen molar-refractivity contribution in [2.24, 2.45) is 0 Å². The molecule has 3 rings (SSSR count). The number of rotatable bonds is 3. The van der Waals surface area contributed by atoms with Crippen LogP contribution in [0.4, 0.5) is 4.39 Å². The Morgan fingerprint density at radius 1 is 1.14 bits per heavy atom. The van der Waals surface area contributed by atoms with Crippen molar-refractivity contribution in [3.8, 4) is 0 Å². The normalized spacial score (nSPS) is 10.8. The standard InChI is InChI=1S/C18H14FNO/c1-12-10-14(6-7-16(12)19)18(21)11-13-8-9-20-17-5-3-2-4-15(13)17/h2-10H,11H2,1H3. The lowest BCUT2D eigenvalue weighted by molar-refractivity contribution is 0.0993. The van der Waals surface area contributed by atoms with Gasteiger partial charge >= 0.3 is 0 Å². The second-order valence-electron chi connectivity index (χ2n) is 5.05. The number of carbonyl (C=O) groups is 1. The van der Waals surface area contributed by atoms with Crippen LogP contribution in [0, 0.1) is 12.7 Å². The summed E-state index contributed by atoms with van der Waals surface area (Å²) in [5, 5.41) is 0.979. The summed E-state index contributed by atoms with van der Waals surface area (Å²) in [6.07, 6.45) is 2.00. The fourth-order valence-corrected chi connectivity index (χ4v) is 2.40. The third kappa shape index (κ3) is 2.68. The van der Waals surface area contributed by atoms with Crippen LogP contribution in [0.5, 0.6) is 0 Å². The summed E-state index contributed by atoms with van der Waals surface area (Å²) >= 11 is 0. The smallest absolute Gasteiger partial charge is 0.167 e. The minimum Gasteiger partial charge on any atom is -0.294 e. The molecule has 104 valence electrons. The lowest BCUT2D eigenvalue weighted by Crippen LogP contribution is -2.05.